The van der Waals surface area contributed by atoms with Crippen molar-refractivity contribution in [1.82, 2.24) is 20.8 Å². The number of carbonyl (C=O) groups excluding carboxylic acids is 1. The summed E-state index contributed by atoms with van der Waals surface area (Å²) in [6.45, 7) is 6.27. The van der Waals surface area contributed by atoms with Crippen molar-refractivity contribution in [3.63, 3.8) is 0 Å². The van der Waals surface area contributed by atoms with Crippen molar-refractivity contribution in [2.75, 3.05) is 25.0 Å². The Labute approximate surface area is 119 Å². The monoisotopic (exact) mass is 281 g/mol. The van der Waals surface area contributed by atoms with Crippen LogP contribution >= 0.6 is 0 Å². The molecule has 7 nitrogen and oxygen atoms in total. The third kappa shape index (κ3) is 3.69. The summed E-state index contributed by atoms with van der Waals surface area (Å²) in [5.74, 6) is 0.820. The maximum absolute atomic E-state index is 11.6. The van der Waals surface area contributed by atoms with E-state index in [2.05, 4.69) is 34.7 Å². The highest BCUT2D eigenvalue weighted by Crippen LogP contribution is 2.22. The number of hydrogen-bond acceptors (Lipinski definition) is 6. The number of aromatic nitrogens is 2. The van der Waals surface area contributed by atoms with E-state index in [4.69, 9.17) is 4.42 Å². The highest BCUT2D eigenvalue weighted by Gasteiger charge is 2.26. The lowest BCUT2D eigenvalue weighted by Gasteiger charge is -2.29. The van der Waals surface area contributed by atoms with Gasteiger partial charge in [-0.25, -0.2) is 0 Å². The Hall–Kier alpha value is -1.63. The Bertz CT molecular complexity index is 438. The number of nitrogens with one attached hydrogen (secondary N) is 2. The van der Waals surface area contributed by atoms with Gasteiger partial charge in [-0.2, -0.15) is 0 Å². The van der Waals surface area contributed by atoms with E-state index in [9.17, 15) is 4.79 Å². The molecule has 20 heavy (non-hydrogen) atoms. The number of hydrogen-bond donors (Lipinski definition) is 2. The number of piperidine rings is 1. The molecule has 0 radical (unpaired) electrons. The molecule has 1 aliphatic heterocycles. The Morgan fingerprint density at radius 1 is 1.40 bits per heavy atom. The molecule has 1 aromatic rings. The van der Waals surface area contributed by atoms with Crippen LogP contribution in [0.1, 0.15) is 32.6 Å². The quantitative estimate of drug-likeness (QED) is 0.819. The first-order valence-electron chi connectivity index (χ1n) is 7.12. The van der Waals surface area contributed by atoms with Crippen LogP contribution in [-0.4, -0.2) is 42.3 Å². The van der Waals surface area contributed by atoms with Crippen LogP contribution in [0.3, 0.4) is 0 Å². The minimum atomic E-state index is 0.0984. The van der Waals surface area contributed by atoms with Crippen molar-refractivity contribution in [2.45, 2.75) is 39.3 Å². The minimum Gasteiger partial charge on any atom is -0.407 e. The summed E-state index contributed by atoms with van der Waals surface area (Å²) < 4.78 is 5.64. The lowest BCUT2D eigenvalue weighted by Crippen LogP contribution is -2.39. The molecular weight excluding hydrogens is 258 g/mol. The zero-order chi connectivity index (χ0) is 14.5. The van der Waals surface area contributed by atoms with Crippen molar-refractivity contribution < 1.29 is 9.21 Å². The van der Waals surface area contributed by atoms with Gasteiger partial charge in [0, 0.05) is 32.1 Å². The molecule has 0 bridgehead atoms. The fourth-order valence-electron chi connectivity index (χ4n) is 2.27. The molecular formula is C13H23N5O2. The first kappa shape index (κ1) is 14.8. The molecule has 0 aliphatic carbocycles. The summed E-state index contributed by atoms with van der Waals surface area (Å²) in [6, 6.07) is 0.939. The molecule has 112 valence electrons. The lowest BCUT2D eigenvalue weighted by molar-refractivity contribution is -0.125. The van der Waals surface area contributed by atoms with E-state index < -0.39 is 0 Å². The molecule has 0 spiro atoms. The van der Waals surface area contributed by atoms with Gasteiger partial charge in [0.15, 0.2) is 0 Å². The van der Waals surface area contributed by atoms with Crippen LogP contribution in [0.25, 0.3) is 0 Å². The average molecular weight is 281 g/mol. The van der Waals surface area contributed by atoms with Crippen molar-refractivity contribution >= 4 is 11.9 Å². The maximum atomic E-state index is 11.6. The summed E-state index contributed by atoms with van der Waals surface area (Å²) in [5, 5.41) is 14.1. The molecule has 1 amide bonds. The minimum absolute atomic E-state index is 0.0984. The summed E-state index contributed by atoms with van der Waals surface area (Å²) in [7, 11) is 1.68. The molecule has 2 rings (SSSR count). The van der Waals surface area contributed by atoms with Gasteiger partial charge in [0.1, 0.15) is 0 Å². The highest BCUT2D eigenvalue weighted by molar-refractivity contribution is 5.78. The largest absolute Gasteiger partial charge is 0.407 e. The second kappa shape index (κ2) is 6.69. The van der Waals surface area contributed by atoms with Crippen LogP contribution in [0, 0.1) is 5.92 Å². The number of nitrogens with zero attached hydrogens (tertiary/aromatic N) is 3. The first-order valence-corrected chi connectivity index (χ1v) is 7.12. The fourth-order valence-corrected chi connectivity index (χ4v) is 2.27. The van der Waals surface area contributed by atoms with Gasteiger partial charge in [-0.05, 0) is 12.8 Å². The van der Waals surface area contributed by atoms with Crippen LogP contribution in [0.15, 0.2) is 4.42 Å². The second-order valence-electron chi connectivity index (χ2n) is 5.39. The average Bonchev–Trinajstić information content (AvgIpc) is 2.93. The zero-order valence-electron chi connectivity index (χ0n) is 12.3. The third-order valence-electron chi connectivity index (χ3n) is 3.50. The molecule has 2 heterocycles. The van der Waals surface area contributed by atoms with Crippen molar-refractivity contribution in [3.05, 3.63) is 5.89 Å². The first-order chi connectivity index (χ1) is 9.60. The third-order valence-corrected chi connectivity index (χ3v) is 3.50. The van der Waals surface area contributed by atoms with E-state index in [1.54, 1.807) is 7.05 Å². The lowest BCUT2D eigenvalue weighted by atomic mass is 9.96. The Balaban J connectivity index is 1.86. The number of rotatable bonds is 5. The molecule has 0 saturated carbocycles. The van der Waals surface area contributed by atoms with Crippen LogP contribution < -0.4 is 15.5 Å². The summed E-state index contributed by atoms with van der Waals surface area (Å²) in [6.07, 6.45) is 1.64. The van der Waals surface area contributed by atoms with Gasteiger partial charge in [-0.1, -0.05) is 18.9 Å². The highest BCUT2D eigenvalue weighted by atomic mass is 16.4. The predicted octanol–water partition coefficient (Wildman–Crippen LogP) is 0.530. The van der Waals surface area contributed by atoms with E-state index >= 15 is 0 Å². The van der Waals surface area contributed by atoms with E-state index in [-0.39, 0.29) is 11.8 Å². The molecule has 1 aromatic heterocycles. The van der Waals surface area contributed by atoms with Gasteiger partial charge in [0.2, 0.25) is 11.8 Å². The van der Waals surface area contributed by atoms with Crippen LogP contribution in [-0.2, 0) is 11.3 Å². The second-order valence-corrected chi connectivity index (χ2v) is 5.39. The number of amides is 1. The van der Waals surface area contributed by atoms with E-state index in [0.717, 1.165) is 25.9 Å². The molecule has 1 fully saturated rings. The van der Waals surface area contributed by atoms with Gasteiger partial charge in [0.05, 0.1) is 6.54 Å². The van der Waals surface area contributed by atoms with Gasteiger partial charge < -0.3 is 20.0 Å². The van der Waals surface area contributed by atoms with E-state index in [1.165, 1.54) is 0 Å². The van der Waals surface area contributed by atoms with Crippen molar-refractivity contribution in [3.8, 4) is 0 Å². The Morgan fingerprint density at radius 2 is 2.10 bits per heavy atom. The number of carbonyl (C=O) groups is 1. The Kier molecular flexibility index (Phi) is 4.94. The van der Waals surface area contributed by atoms with E-state index in [0.29, 0.717) is 24.5 Å². The van der Waals surface area contributed by atoms with Crippen molar-refractivity contribution in [2.24, 2.45) is 5.92 Å². The predicted molar refractivity (Wildman–Crippen MR) is 75.3 cm³/mol. The SMILES string of the molecule is CNC(=O)C1CCN(c2nnc(CNC(C)C)o2)CC1. The summed E-state index contributed by atoms with van der Waals surface area (Å²) in [4.78, 5) is 13.6. The standard InChI is InChI=1S/C13H23N5O2/c1-9(2)15-8-11-16-17-13(20-11)18-6-4-10(5-7-18)12(19)14-3/h9-10,15H,4-8H2,1-3H3,(H,14,19). The molecule has 2 N–H and O–H groups in total. The van der Waals surface area contributed by atoms with Gasteiger partial charge in [0.25, 0.3) is 0 Å². The van der Waals surface area contributed by atoms with Crippen LogP contribution in [0.4, 0.5) is 6.01 Å². The zero-order valence-corrected chi connectivity index (χ0v) is 12.3. The normalized spacial score (nSPS) is 16.7. The molecule has 1 aliphatic rings. The smallest absolute Gasteiger partial charge is 0.318 e. The Morgan fingerprint density at radius 3 is 2.70 bits per heavy atom. The summed E-state index contributed by atoms with van der Waals surface area (Å²) >= 11 is 0. The maximum Gasteiger partial charge on any atom is 0.318 e. The van der Waals surface area contributed by atoms with Gasteiger partial charge >= 0.3 is 6.01 Å². The van der Waals surface area contributed by atoms with Crippen LogP contribution in [0.2, 0.25) is 0 Å². The van der Waals surface area contributed by atoms with Crippen molar-refractivity contribution in [1.29, 1.82) is 0 Å². The molecule has 0 atom stereocenters. The van der Waals surface area contributed by atoms with Gasteiger partial charge in [-0.3, -0.25) is 4.79 Å². The fraction of sp³-hybridized carbons (Fsp3) is 0.769. The molecule has 0 unspecified atom stereocenters. The molecule has 7 heteroatoms. The number of anilines is 1. The molecule has 1 saturated heterocycles. The van der Waals surface area contributed by atoms with Crippen LogP contribution in [0.5, 0.6) is 0 Å². The summed E-state index contributed by atoms with van der Waals surface area (Å²) in [5.41, 5.74) is 0. The molecule has 0 aromatic carbocycles. The van der Waals surface area contributed by atoms with E-state index in [1.807, 2.05) is 4.90 Å². The van der Waals surface area contributed by atoms with Gasteiger partial charge in [-0.15, -0.1) is 5.10 Å². The topological polar surface area (TPSA) is 83.3 Å².